The first kappa shape index (κ1) is 14.8. The van der Waals surface area contributed by atoms with Crippen molar-refractivity contribution in [1.82, 2.24) is 10.6 Å². The van der Waals surface area contributed by atoms with Crippen LogP contribution in [0.1, 0.15) is 24.1 Å². The Morgan fingerprint density at radius 3 is 2.14 bits per heavy atom. The van der Waals surface area contributed by atoms with Crippen molar-refractivity contribution >= 4 is 11.9 Å². The SMILES string of the molecule is CC(NC(=O)NC(=O)Cc1ccccc1)c1ccccc1. The summed E-state index contributed by atoms with van der Waals surface area (Å²) in [6, 6.07) is 18.3. The first-order chi connectivity index (χ1) is 10.1. The molecule has 0 radical (unpaired) electrons. The van der Waals surface area contributed by atoms with Crippen molar-refractivity contribution in [2.75, 3.05) is 0 Å². The van der Waals surface area contributed by atoms with Crippen LogP contribution in [0.3, 0.4) is 0 Å². The van der Waals surface area contributed by atoms with Crippen LogP contribution in [0.2, 0.25) is 0 Å². The van der Waals surface area contributed by atoms with Gasteiger partial charge in [-0.25, -0.2) is 4.79 Å². The van der Waals surface area contributed by atoms with Gasteiger partial charge in [0.25, 0.3) is 0 Å². The molecule has 2 N–H and O–H groups in total. The molecule has 1 unspecified atom stereocenters. The predicted octanol–water partition coefficient (Wildman–Crippen LogP) is 2.82. The molecule has 0 aliphatic heterocycles. The van der Waals surface area contributed by atoms with Crippen LogP contribution in [0.4, 0.5) is 4.79 Å². The molecule has 0 heterocycles. The molecule has 21 heavy (non-hydrogen) atoms. The lowest BCUT2D eigenvalue weighted by atomic mass is 10.1. The van der Waals surface area contributed by atoms with E-state index in [1.165, 1.54) is 0 Å². The minimum atomic E-state index is -0.479. The van der Waals surface area contributed by atoms with Gasteiger partial charge in [-0.05, 0) is 18.1 Å². The molecular weight excluding hydrogens is 264 g/mol. The Kier molecular flexibility index (Phi) is 5.10. The number of nitrogens with one attached hydrogen (secondary N) is 2. The minimum absolute atomic E-state index is 0.157. The van der Waals surface area contributed by atoms with Gasteiger partial charge in [-0.1, -0.05) is 60.7 Å². The maximum atomic E-state index is 11.8. The molecule has 0 saturated heterocycles. The normalized spacial score (nSPS) is 11.5. The molecule has 0 fully saturated rings. The summed E-state index contributed by atoms with van der Waals surface area (Å²) in [5.41, 5.74) is 1.86. The molecule has 4 nitrogen and oxygen atoms in total. The van der Waals surface area contributed by atoms with E-state index < -0.39 is 6.03 Å². The zero-order valence-electron chi connectivity index (χ0n) is 11.9. The van der Waals surface area contributed by atoms with Crippen LogP contribution < -0.4 is 10.6 Å². The molecule has 0 spiro atoms. The van der Waals surface area contributed by atoms with Crippen molar-refractivity contribution in [2.24, 2.45) is 0 Å². The summed E-state index contributed by atoms with van der Waals surface area (Å²) < 4.78 is 0. The quantitative estimate of drug-likeness (QED) is 0.906. The fourth-order valence-electron chi connectivity index (χ4n) is 2.01. The van der Waals surface area contributed by atoms with Gasteiger partial charge in [0.05, 0.1) is 12.5 Å². The molecule has 4 heteroatoms. The van der Waals surface area contributed by atoms with Crippen LogP contribution in [0.15, 0.2) is 60.7 Å². The van der Waals surface area contributed by atoms with Gasteiger partial charge in [0.1, 0.15) is 0 Å². The van der Waals surface area contributed by atoms with Crippen LogP contribution in [-0.4, -0.2) is 11.9 Å². The number of benzene rings is 2. The molecule has 0 aliphatic rings. The molecule has 0 saturated carbocycles. The number of carbonyl (C=O) groups is 2. The molecule has 2 aromatic rings. The highest BCUT2D eigenvalue weighted by Crippen LogP contribution is 2.10. The molecule has 1 atom stereocenters. The zero-order chi connectivity index (χ0) is 15.1. The number of hydrogen-bond acceptors (Lipinski definition) is 2. The summed E-state index contributed by atoms with van der Waals surface area (Å²) in [4.78, 5) is 23.6. The van der Waals surface area contributed by atoms with Crippen LogP contribution >= 0.6 is 0 Å². The standard InChI is InChI=1S/C17H18N2O2/c1-13(15-10-6-3-7-11-15)18-17(21)19-16(20)12-14-8-4-2-5-9-14/h2-11,13H,12H2,1H3,(H2,18,19,20,21). The van der Waals surface area contributed by atoms with Crippen LogP contribution in [0.25, 0.3) is 0 Å². The highest BCUT2D eigenvalue weighted by molar-refractivity contribution is 5.95. The monoisotopic (exact) mass is 282 g/mol. The number of hydrogen-bond donors (Lipinski definition) is 2. The van der Waals surface area contributed by atoms with Gasteiger partial charge in [-0.2, -0.15) is 0 Å². The average molecular weight is 282 g/mol. The number of amides is 3. The summed E-state index contributed by atoms with van der Waals surface area (Å²) >= 11 is 0. The van der Waals surface area contributed by atoms with E-state index in [4.69, 9.17) is 0 Å². The Morgan fingerprint density at radius 2 is 1.52 bits per heavy atom. The fourth-order valence-corrected chi connectivity index (χ4v) is 2.01. The maximum Gasteiger partial charge on any atom is 0.321 e. The Hall–Kier alpha value is -2.62. The number of urea groups is 1. The van der Waals surface area contributed by atoms with Crippen LogP contribution in [0.5, 0.6) is 0 Å². The predicted molar refractivity (Wildman–Crippen MR) is 81.7 cm³/mol. The van der Waals surface area contributed by atoms with Crippen LogP contribution in [0, 0.1) is 0 Å². The molecule has 108 valence electrons. The van der Waals surface area contributed by atoms with Gasteiger partial charge in [0.2, 0.25) is 5.91 Å². The third-order valence-corrected chi connectivity index (χ3v) is 3.11. The van der Waals surface area contributed by atoms with Gasteiger partial charge in [-0.3, -0.25) is 10.1 Å². The van der Waals surface area contributed by atoms with E-state index in [1.54, 1.807) is 0 Å². The summed E-state index contributed by atoms with van der Waals surface area (Å²) in [5.74, 6) is -0.320. The topological polar surface area (TPSA) is 58.2 Å². The number of imide groups is 1. The maximum absolute atomic E-state index is 11.8. The van der Waals surface area contributed by atoms with E-state index in [1.807, 2.05) is 67.6 Å². The second-order valence-electron chi connectivity index (χ2n) is 4.82. The minimum Gasteiger partial charge on any atom is -0.331 e. The van der Waals surface area contributed by atoms with E-state index in [-0.39, 0.29) is 18.4 Å². The summed E-state index contributed by atoms with van der Waals surface area (Å²) in [7, 11) is 0. The second-order valence-corrected chi connectivity index (χ2v) is 4.82. The Morgan fingerprint density at radius 1 is 0.952 bits per heavy atom. The van der Waals surface area contributed by atoms with E-state index in [9.17, 15) is 9.59 Å². The molecule has 0 bridgehead atoms. The Bertz CT molecular complexity index is 597. The van der Waals surface area contributed by atoms with Gasteiger partial charge >= 0.3 is 6.03 Å². The zero-order valence-corrected chi connectivity index (χ0v) is 11.9. The van der Waals surface area contributed by atoms with Crippen molar-refractivity contribution in [2.45, 2.75) is 19.4 Å². The highest BCUT2D eigenvalue weighted by Gasteiger charge is 2.12. The number of rotatable bonds is 4. The van der Waals surface area contributed by atoms with E-state index in [0.29, 0.717) is 0 Å². The molecule has 2 rings (SSSR count). The molecule has 3 amide bonds. The lowest BCUT2D eigenvalue weighted by Gasteiger charge is -2.14. The van der Waals surface area contributed by atoms with E-state index >= 15 is 0 Å². The van der Waals surface area contributed by atoms with Gasteiger partial charge < -0.3 is 5.32 Å². The average Bonchev–Trinajstić information content (AvgIpc) is 2.48. The van der Waals surface area contributed by atoms with E-state index in [0.717, 1.165) is 11.1 Å². The Balaban J connectivity index is 1.83. The molecule has 0 aliphatic carbocycles. The molecular formula is C17H18N2O2. The Labute approximate surface area is 124 Å². The lowest BCUT2D eigenvalue weighted by molar-refractivity contribution is -0.119. The third kappa shape index (κ3) is 4.76. The van der Waals surface area contributed by atoms with E-state index in [2.05, 4.69) is 10.6 Å². The van der Waals surface area contributed by atoms with Gasteiger partial charge in [0.15, 0.2) is 0 Å². The first-order valence-electron chi connectivity index (χ1n) is 6.84. The summed E-state index contributed by atoms with van der Waals surface area (Å²) in [6.45, 7) is 1.87. The summed E-state index contributed by atoms with van der Waals surface area (Å²) in [5, 5.41) is 5.08. The van der Waals surface area contributed by atoms with Crippen molar-refractivity contribution in [3.05, 3.63) is 71.8 Å². The van der Waals surface area contributed by atoms with Gasteiger partial charge in [-0.15, -0.1) is 0 Å². The van der Waals surface area contributed by atoms with Crippen molar-refractivity contribution in [3.8, 4) is 0 Å². The fraction of sp³-hybridized carbons (Fsp3) is 0.176. The largest absolute Gasteiger partial charge is 0.331 e. The van der Waals surface area contributed by atoms with Gasteiger partial charge in [0, 0.05) is 0 Å². The smallest absolute Gasteiger partial charge is 0.321 e. The highest BCUT2D eigenvalue weighted by atomic mass is 16.2. The first-order valence-corrected chi connectivity index (χ1v) is 6.84. The molecule has 0 aromatic heterocycles. The van der Waals surface area contributed by atoms with Crippen molar-refractivity contribution < 1.29 is 9.59 Å². The van der Waals surface area contributed by atoms with Crippen molar-refractivity contribution in [1.29, 1.82) is 0 Å². The van der Waals surface area contributed by atoms with Crippen molar-refractivity contribution in [3.63, 3.8) is 0 Å². The lowest BCUT2D eigenvalue weighted by Crippen LogP contribution is -2.41. The number of carbonyl (C=O) groups excluding carboxylic acids is 2. The summed E-state index contributed by atoms with van der Waals surface area (Å²) in [6.07, 6.45) is 0.188. The third-order valence-electron chi connectivity index (χ3n) is 3.11. The second kappa shape index (κ2) is 7.24. The molecule has 2 aromatic carbocycles. The van der Waals surface area contributed by atoms with Crippen LogP contribution in [-0.2, 0) is 11.2 Å².